The van der Waals surface area contributed by atoms with Crippen molar-refractivity contribution >= 4 is 17.7 Å². The molecule has 0 radical (unpaired) electrons. The first-order valence-electron chi connectivity index (χ1n) is 15.9. The Morgan fingerprint density at radius 2 is 1.64 bits per heavy atom. The predicted octanol–water partition coefficient (Wildman–Crippen LogP) is 2.40. The second-order valence-electron chi connectivity index (χ2n) is 12.3. The SMILES string of the molecule is C#CCC(O)[C@H](O)C(CC1CCCCC1)NC(=O)[C@H](CC#C)NC(=O)C(CC(=O)N(C)CCNC(C)C)Cc1ccccc1. The van der Waals surface area contributed by atoms with Crippen molar-refractivity contribution in [3.63, 3.8) is 0 Å². The van der Waals surface area contributed by atoms with Crippen molar-refractivity contribution < 1.29 is 24.6 Å². The molecule has 5 atom stereocenters. The fraction of sp³-hybridized carbons (Fsp3) is 0.629. The second kappa shape index (κ2) is 19.8. The van der Waals surface area contributed by atoms with Crippen molar-refractivity contribution in [1.29, 1.82) is 0 Å². The molecule has 0 aliphatic heterocycles. The molecule has 1 aliphatic rings. The number of carbonyl (C=O) groups excluding carboxylic acids is 3. The Morgan fingerprint density at radius 3 is 2.25 bits per heavy atom. The van der Waals surface area contributed by atoms with E-state index in [-0.39, 0.29) is 31.1 Å². The van der Waals surface area contributed by atoms with E-state index >= 15 is 0 Å². The summed E-state index contributed by atoms with van der Waals surface area (Å²) in [5, 5.41) is 30.3. The first kappa shape index (κ1) is 36.8. The lowest BCUT2D eigenvalue weighted by atomic mass is 9.82. The molecule has 9 nitrogen and oxygen atoms in total. The first-order chi connectivity index (χ1) is 21.0. The number of nitrogens with zero attached hydrogens (tertiary/aromatic N) is 1. The number of amides is 3. The van der Waals surface area contributed by atoms with E-state index in [0.717, 1.165) is 37.7 Å². The highest BCUT2D eigenvalue weighted by Crippen LogP contribution is 2.28. The van der Waals surface area contributed by atoms with E-state index in [1.165, 1.54) is 0 Å². The van der Waals surface area contributed by atoms with Crippen molar-refractivity contribution in [2.75, 3.05) is 20.1 Å². The maximum atomic E-state index is 13.7. The van der Waals surface area contributed by atoms with Gasteiger partial charge in [0.2, 0.25) is 17.7 Å². The highest BCUT2D eigenvalue weighted by atomic mass is 16.3. The fourth-order valence-corrected chi connectivity index (χ4v) is 5.64. The van der Waals surface area contributed by atoms with Crippen LogP contribution in [0.4, 0.5) is 0 Å². The molecule has 0 aromatic heterocycles. The third-order valence-electron chi connectivity index (χ3n) is 8.27. The van der Waals surface area contributed by atoms with Gasteiger partial charge in [0.1, 0.15) is 12.1 Å². The zero-order chi connectivity index (χ0) is 32.5. The number of aliphatic hydroxyl groups excluding tert-OH is 2. The molecule has 3 unspecified atom stereocenters. The molecular formula is C35H52N4O5. The quantitative estimate of drug-likeness (QED) is 0.163. The lowest BCUT2D eigenvalue weighted by Crippen LogP contribution is -2.55. The van der Waals surface area contributed by atoms with Crippen LogP contribution in [0.2, 0.25) is 0 Å². The standard InChI is InChI=1S/C35H52N4O5/c1-6-14-29(35(44)38-30(33(42)31(40)15-7-2)23-27-18-12-9-13-19-27)37-34(43)28(22-26-16-10-8-11-17-26)24-32(41)39(5)21-20-36-25(3)4/h1-2,8,10-11,16-17,25,27-31,33,36,40,42H,9,12-15,18-24H2,3-5H3,(H,37,43)(H,38,44)/t28?,29-,30?,31?,33+/m0/s1. The molecule has 0 saturated heterocycles. The number of nitrogens with one attached hydrogen (secondary N) is 3. The highest BCUT2D eigenvalue weighted by Gasteiger charge is 2.33. The van der Waals surface area contributed by atoms with Crippen LogP contribution in [-0.4, -0.2) is 83.3 Å². The molecule has 9 heteroatoms. The van der Waals surface area contributed by atoms with Gasteiger partial charge < -0.3 is 31.1 Å². The molecule has 44 heavy (non-hydrogen) atoms. The summed E-state index contributed by atoms with van der Waals surface area (Å²) >= 11 is 0. The molecular weight excluding hydrogens is 556 g/mol. The van der Waals surface area contributed by atoms with E-state index < -0.39 is 42.0 Å². The molecule has 1 aromatic rings. The van der Waals surface area contributed by atoms with E-state index in [0.29, 0.717) is 32.0 Å². The van der Waals surface area contributed by atoms with Crippen molar-refractivity contribution in [2.45, 2.75) is 108 Å². The molecule has 0 bridgehead atoms. The fourth-order valence-electron chi connectivity index (χ4n) is 5.64. The van der Waals surface area contributed by atoms with Gasteiger partial charge >= 0.3 is 0 Å². The molecule has 1 saturated carbocycles. The van der Waals surface area contributed by atoms with Crippen LogP contribution in [0.5, 0.6) is 0 Å². The van der Waals surface area contributed by atoms with Crippen LogP contribution in [-0.2, 0) is 20.8 Å². The van der Waals surface area contributed by atoms with Crippen molar-refractivity contribution in [2.24, 2.45) is 11.8 Å². The number of hydrogen-bond acceptors (Lipinski definition) is 6. The molecule has 3 amide bonds. The van der Waals surface area contributed by atoms with Gasteiger partial charge in [-0.25, -0.2) is 0 Å². The van der Waals surface area contributed by atoms with Gasteiger partial charge in [0.25, 0.3) is 0 Å². The summed E-state index contributed by atoms with van der Waals surface area (Å²) in [4.78, 5) is 42.0. The van der Waals surface area contributed by atoms with Gasteiger partial charge in [0.15, 0.2) is 0 Å². The third kappa shape index (κ3) is 13.1. The lowest BCUT2D eigenvalue weighted by molar-refractivity contribution is -0.136. The molecule has 242 valence electrons. The minimum Gasteiger partial charge on any atom is -0.389 e. The van der Waals surface area contributed by atoms with Crippen LogP contribution in [0, 0.1) is 36.5 Å². The normalized spacial score (nSPS) is 16.9. The zero-order valence-electron chi connectivity index (χ0n) is 26.6. The van der Waals surface area contributed by atoms with Crippen LogP contribution in [0.25, 0.3) is 0 Å². The van der Waals surface area contributed by atoms with Gasteiger partial charge in [-0.15, -0.1) is 24.7 Å². The zero-order valence-corrected chi connectivity index (χ0v) is 26.6. The maximum absolute atomic E-state index is 13.7. The first-order valence-corrected chi connectivity index (χ1v) is 15.9. The smallest absolute Gasteiger partial charge is 0.243 e. The van der Waals surface area contributed by atoms with Crippen molar-refractivity contribution in [3.8, 4) is 24.7 Å². The van der Waals surface area contributed by atoms with Gasteiger partial charge in [-0.1, -0.05) is 76.3 Å². The van der Waals surface area contributed by atoms with Crippen LogP contribution in [0.3, 0.4) is 0 Å². The Bertz CT molecular complexity index is 1110. The Morgan fingerprint density at radius 1 is 0.977 bits per heavy atom. The van der Waals surface area contributed by atoms with Crippen LogP contribution in [0.1, 0.15) is 77.2 Å². The maximum Gasteiger partial charge on any atom is 0.243 e. The highest BCUT2D eigenvalue weighted by molar-refractivity contribution is 5.91. The van der Waals surface area contributed by atoms with E-state index in [1.54, 1.807) is 11.9 Å². The average Bonchev–Trinajstić information content (AvgIpc) is 3.00. The van der Waals surface area contributed by atoms with Crippen molar-refractivity contribution in [1.82, 2.24) is 20.9 Å². The van der Waals surface area contributed by atoms with Gasteiger partial charge in [0, 0.05) is 45.4 Å². The Labute approximate surface area is 263 Å². The van der Waals surface area contributed by atoms with Crippen molar-refractivity contribution in [3.05, 3.63) is 35.9 Å². The number of benzene rings is 1. The number of terminal acetylenes is 2. The topological polar surface area (TPSA) is 131 Å². The minimum absolute atomic E-state index is 0.0371. The molecule has 5 N–H and O–H groups in total. The predicted molar refractivity (Wildman–Crippen MR) is 173 cm³/mol. The summed E-state index contributed by atoms with van der Waals surface area (Å²) in [6, 6.07) is 7.86. The summed E-state index contributed by atoms with van der Waals surface area (Å²) in [5.74, 6) is 3.19. The van der Waals surface area contributed by atoms with E-state index in [4.69, 9.17) is 12.8 Å². The number of aliphatic hydroxyl groups is 2. The third-order valence-corrected chi connectivity index (χ3v) is 8.27. The summed E-state index contributed by atoms with van der Waals surface area (Å²) in [7, 11) is 1.71. The van der Waals surface area contributed by atoms with E-state index in [2.05, 4.69) is 27.8 Å². The molecule has 0 spiro atoms. The molecule has 2 rings (SSSR count). The monoisotopic (exact) mass is 608 g/mol. The lowest BCUT2D eigenvalue weighted by Gasteiger charge is -2.33. The Hall–Kier alpha value is -3.37. The van der Waals surface area contributed by atoms with Crippen LogP contribution < -0.4 is 16.0 Å². The van der Waals surface area contributed by atoms with Gasteiger partial charge in [-0.05, 0) is 24.3 Å². The van der Waals surface area contributed by atoms with Crippen LogP contribution >= 0.6 is 0 Å². The Kier molecular flexibility index (Phi) is 16.6. The minimum atomic E-state index is -1.27. The second-order valence-corrected chi connectivity index (χ2v) is 12.3. The van der Waals surface area contributed by atoms with Gasteiger partial charge in [-0.2, -0.15) is 0 Å². The summed E-state index contributed by atoms with van der Waals surface area (Å²) in [5.41, 5.74) is 0.890. The summed E-state index contributed by atoms with van der Waals surface area (Å²) in [6.07, 6.45) is 14.4. The van der Waals surface area contributed by atoms with E-state index in [9.17, 15) is 24.6 Å². The van der Waals surface area contributed by atoms with Gasteiger partial charge in [-0.3, -0.25) is 14.4 Å². The summed E-state index contributed by atoms with van der Waals surface area (Å²) in [6.45, 7) is 5.19. The number of carbonyl (C=O) groups is 3. The van der Waals surface area contributed by atoms with Crippen LogP contribution in [0.15, 0.2) is 30.3 Å². The van der Waals surface area contributed by atoms with E-state index in [1.807, 2.05) is 44.2 Å². The van der Waals surface area contributed by atoms with Gasteiger partial charge in [0.05, 0.1) is 18.1 Å². The number of likely N-dealkylation sites (N-methyl/N-ethyl adjacent to an activating group) is 1. The number of hydrogen-bond donors (Lipinski definition) is 5. The summed E-state index contributed by atoms with van der Waals surface area (Å²) < 4.78 is 0. The Balaban J connectivity index is 2.19. The molecule has 0 heterocycles. The largest absolute Gasteiger partial charge is 0.389 e. The molecule has 1 aromatic carbocycles. The molecule has 1 aliphatic carbocycles. The number of rotatable bonds is 18. The molecule has 1 fully saturated rings. The average molecular weight is 609 g/mol.